The molecule has 0 aliphatic heterocycles. The minimum absolute atomic E-state index is 0.457. The largest absolute Gasteiger partial charge is 0.332 e. The quantitative estimate of drug-likeness (QED) is 0.621. The molecule has 4 rings (SSSR count). The standard InChI is InChI=1S/C22H27NSSi/c1-13(2)23-25(5,6)22-15(4)14(3)20-17(22)11-12-19-21(20)16-9-7-8-10-18(16)24-19/h7-13,17,23H,1-6H3. The molecule has 1 N–H and O–H groups in total. The van der Waals surface area contributed by atoms with E-state index < -0.39 is 8.24 Å². The molecule has 1 heterocycles. The van der Waals surface area contributed by atoms with Crippen LogP contribution in [0.25, 0.3) is 21.7 Å². The Hall–Kier alpha value is -1.42. The van der Waals surface area contributed by atoms with Crippen LogP contribution in [0.5, 0.6) is 0 Å². The van der Waals surface area contributed by atoms with Gasteiger partial charge in [0.15, 0.2) is 0 Å². The van der Waals surface area contributed by atoms with Gasteiger partial charge in [-0.25, -0.2) is 0 Å². The number of hydrogen-bond donors (Lipinski definition) is 1. The summed E-state index contributed by atoms with van der Waals surface area (Å²) in [7, 11) is -1.67. The first-order valence-corrected chi connectivity index (χ1v) is 13.0. The van der Waals surface area contributed by atoms with Crippen molar-refractivity contribution in [2.24, 2.45) is 5.92 Å². The third-order valence-electron chi connectivity index (χ3n) is 5.65. The van der Waals surface area contributed by atoms with Gasteiger partial charge in [-0.2, -0.15) is 0 Å². The number of nitrogens with one attached hydrogen (secondary N) is 1. The Morgan fingerprint density at radius 2 is 1.80 bits per heavy atom. The molecule has 0 bridgehead atoms. The van der Waals surface area contributed by atoms with Gasteiger partial charge in [0, 0.05) is 26.4 Å². The summed E-state index contributed by atoms with van der Waals surface area (Å²) in [5.41, 5.74) is 6.08. The van der Waals surface area contributed by atoms with E-state index >= 15 is 0 Å². The highest BCUT2D eigenvalue weighted by Crippen LogP contribution is 2.53. The second kappa shape index (κ2) is 5.80. The van der Waals surface area contributed by atoms with Crippen molar-refractivity contribution in [2.75, 3.05) is 0 Å². The summed E-state index contributed by atoms with van der Waals surface area (Å²) < 4.78 is 1.40. The van der Waals surface area contributed by atoms with Crippen molar-refractivity contribution in [3.63, 3.8) is 0 Å². The molecule has 0 spiro atoms. The Balaban J connectivity index is 1.89. The van der Waals surface area contributed by atoms with Crippen molar-refractivity contribution in [1.29, 1.82) is 0 Å². The highest BCUT2D eigenvalue weighted by atomic mass is 32.1. The van der Waals surface area contributed by atoms with E-state index in [1.54, 1.807) is 10.8 Å². The zero-order chi connectivity index (χ0) is 17.9. The van der Waals surface area contributed by atoms with E-state index in [2.05, 4.69) is 82.2 Å². The van der Waals surface area contributed by atoms with Gasteiger partial charge in [-0.15, -0.1) is 11.3 Å². The molecule has 0 amide bonds. The van der Waals surface area contributed by atoms with Gasteiger partial charge in [-0.3, -0.25) is 0 Å². The normalized spacial score (nSPS) is 20.0. The Morgan fingerprint density at radius 1 is 1.08 bits per heavy atom. The van der Waals surface area contributed by atoms with Gasteiger partial charge in [-0.05, 0) is 43.2 Å². The summed E-state index contributed by atoms with van der Waals surface area (Å²) in [4.78, 5) is 5.35. The molecule has 0 radical (unpaired) electrons. The molecule has 1 aromatic heterocycles. The molecule has 0 fully saturated rings. The summed E-state index contributed by atoms with van der Waals surface area (Å²) in [5.74, 6) is 0.457. The minimum atomic E-state index is -1.67. The van der Waals surface area contributed by atoms with E-state index in [4.69, 9.17) is 0 Å². The predicted molar refractivity (Wildman–Crippen MR) is 115 cm³/mol. The maximum Gasteiger partial charge on any atom is 0.148 e. The summed E-state index contributed by atoms with van der Waals surface area (Å²) in [6, 6.07) is 9.40. The lowest BCUT2D eigenvalue weighted by atomic mass is 9.87. The van der Waals surface area contributed by atoms with E-state index in [0.29, 0.717) is 12.0 Å². The van der Waals surface area contributed by atoms with Gasteiger partial charge in [0.25, 0.3) is 0 Å². The molecule has 0 saturated carbocycles. The number of fused-ring (bicyclic) bond motifs is 5. The fraction of sp³-hybridized carbons (Fsp3) is 0.364. The van der Waals surface area contributed by atoms with Crippen LogP contribution < -0.4 is 4.98 Å². The molecule has 25 heavy (non-hydrogen) atoms. The molecule has 0 saturated heterocycles. The number of benzene rings is 1. The van der Waals surface area contributed by atoms with Crippen molar-refractivity contribution in [1.82, 2.24) is 4.98 Å². The molecule has 1 aromatic carbocycles. The van der Waals surface area contributed by atoms with Crippen molar-refractivity contribution in [2.45, 2.75) is 46.8 Å². The molecular formula is C22H27NSSi. The second-order valence-corrected chi connectivity index (χ2v) is 13.3. The van der Waals surface area contributed by atoms with E-state index in [-0.39, 0.29) is 0 Å². The average Bonchev–Trinajstić information content (AvgIpc) is 3.02. The summed E-state index contributed by atoms with van der Waals surface area (Å²) in [5, 5.41) is 3.10. The third kappa shape index (κ3) is 2.52. The van der Waals surface area contributed by atoms with Crippen LogP contribution in [-0.2, 0) is 0 Å². The van der Waals surface area contributed by atoms with Crippen LogP contribution in [0.1, 0.15) is 38.1 Å². The summed E-state index contributed by atoms with van der Waals surface area (Å²) >= 11 is 1.93. The number of hydrogen-bond acceptors (Lipinski definition) is 2. The summed E-state index contributed by atoms with van der Waals surface area (Å²) in [6.07, 6.45) is 4.83. The van der Waals surface area contributed by atoms with Crippen LogP contribution in [0.4, 0.5) is 0 Å². The average molecular weight is 366 g/mol. The van der Waals surface area contributed by atoms with Crippen LogP contribution in [0.15, 0.2) is 46.7 Å². The first-order valence-electron chi connectivity index (χ1n) is 9.21. The predicted octanol–water partition coefficient (Wildman–Crippen LogP) is 6.39. The minimum Gasteiger partial charge on any atom is -0.332 e. The molecule has 2 aliphatic rings. The fourth-order valence-corrected chi connectivity index (χ4v) is 9.72. The van der Waals surface area contributed by atoms with Gasteiger partial charge >= 0.3 is 0 Å². The SMILES string of the molecule is CC1=C2c3c(sc4ccccc34)C=CC2C([Si](C)(C)NC(C)C)=C1C. The van der Waals surface area contributed by atoms with Gasteiger partial charge in [0.05, 0.1) is 0 Å². The lowest BCUT2D eigenvalue weighted by Gasteiger charge is -2.33. The number of rotatable bonds is 3. The van der Waals surface area contributed by atoms with Gasteiger partial charge in [0.1, 0.15) is 8.24 Å². The second-order valence-electron chi connectivity index (χ2n) is 8.18. The molecule has 1 unspecified atom stereocenters. The van der Waals surface area contributed by atoms with Gasteiger partial charge < -0.3 is 4.98 Å². The van der Waals surface area contributed by atoms with Gasteiger partial charge in [0.2, 0.25) is 0 Å². The van der Waals surface area contributed by atoms with Crippen LogP contribution in [0, 0.1) is 5.92 Å². The monoisotopic (exact) mass is 365 g/mol. The van der Waals surface area contributed by atoms with Crippen LogP contribution >= 0.6 is 11.3 Å². The lowest BCUT2D eigenvalue weighted by Crippen LogP contribution is -2.51. The Labute approximate surface area is 156 Å². The zero-order valence-corrected chi connectivity index (χ0v) is 17.8. The topological polar surface area (TPSA) is 12.0 Å². The Bertz CT molecular complexity index is 956. The molecule has 2 aliphatic carbocycles. The number of allylic oxidation sites excluding steroid dienone is 5. The molecule has 1 nitrogen and oxygen atoms in total. The van der Waals surface area contributed by atoms with E-state index in [9.17, 15) is 0 Å². The zero-order valence-electron chi connectivity index (χ0n) is 16.0. The first kappa shape index (κ1) is 17.0. The molecule has 1 atom stereocenters. The smallest absolute Gasteiger partial charge is 0.148 e. The highest BCUT2D eigenvalue weighted by molar-refractivity contribution is 7.20. The summed E-state index contributed by atoms with van der Waals surface area (Å²) in [6.45, 7) is 14.1. The van der Waals surface area contributed by atoms with Crippen LogP contribution in [-0.4, -0.2) is 14.3 Å². The van der Waals surface area contributed by atoms with Crippen molar-refractivity contribution in [3.05, 3.63) is 57.1 Å². The van der Waals surface area contributed by atoms with Crippen molar-refractivity contribution < 1.29 is 0 Å². The maximum absolute atomic E-state index is 3.92. The van der Waals surface area contributed by atoms with Gasteiger partial charge in [-0.1, -0.05) is 62.0 Å². The van der Waals surface area contributed by atoms with Crippen molar-refractivity contribution >= 4 is 41.3 Å². The molecular weight excluding hydrogens is 338 g/mol. The van der Waals surface area contributed by atoms with Crippen LogP contribution in [0.3, 0.4) is 0 Å². The molecule has 3 heteroatoms. The molecule has 2 aromatic rings. The van der Waals surface area contributed by atoms with E-state index in [1.165, 1.54) is 31.7 Å². The fourth-order valence-electron chi connectivity index (χ4n) is 4.85. The van der Waals surface area contributed by atoms with E-state index in [0.717, 1.165) is 0 Å². The highest BCUT2D eigenvalue weighted by Gasteiger charge is 2.41. The van der Waals surface area contributed by atoms with Crippen LogP contribution in [0.2, 0.25) is 13.1 Å². The first-order chi connectivity index (χ1) is 11.8. The lowest BCUT2D eigenvalue weighted by molar-refractivity contribution is 0.731. The maximum atomic E-state index is 3.92. The Kier molecular flexibility index (Phi) is 3.95. The number of thiophene rings is 1. The van der Waals surface area contributed by atoms with E-state index in [1.807, 2.05) is 11.3 Å². The Morgan fingerprint density at radius 3 is 2.52 bits per heavy atom. The van der Waals surface area contributed by atoms with Crippen molar-refractivity contribution in [3.8, 4) is 0 Å². The molecule has 130 valence electrons. The third-order valence-corrected chi connectivity index (χ3v) is 10.1.